The Hall–Kier alpha value is -2.57. The molecule has 2 aromatic heterocycles. The highest BCUT2D eigenvalue weighted by atomic mass is 16.5. The van der Waals surface area contributed by atoms with Gasteiger partial charge in [0, 0.05) is 0 Å². The van der Waals surface area contributed by atoms with Crippen molar-refractivity contribution in [2.45, 2.75) is 20.8 Å². The molecule has 2 heterocycles. The zero-order chi connectivity index (χ0) is 14.0. The third-order valence-corrected chi connectivity index (χ3v) is 2.65. The van der Waals surface area contributed by atoms with Gasteiger partial charge in [0.1, 0.15) is 17.1 Å². The maximum absolute atomic E-state index is 11.9. The molecule has 0 aromatic carbocycles. The third-order valence-electron chi connectivity index (χ3n) is 2.65. The summed E-state index contributed by atoms with van der Waals surface area (Å²) >= 11 is 0. The number of carbonyl (C=O) groups excluding carboxylic acids is 2. The molecule has 0 aliphatic rings. The molecule has 0 bridgehead atoms. The number of aryl methyl sites for hydroxylation is 3. The van der Waals surface area contributed by atoms with E-state index in [4.69, 9.17) is 8.94 Å². The summed E-state index contributed by atoms with van der Waals surface area (Å²) in [6.45, 7) is 4.93. The van der Waals surface area contributed by atoms with Crippen molar-refractivity contribution in [2.24, 2.45) is 0 Å². The lowest BCUT2D eigenvalue weighted by atomic mass is 10.2. The SMILES string of the molecule is Cc1noc(C)c1C(=O)NNC(=O)c1ccoc1C. The van der Waals surface area contributed by atoms with Gasteiger partial charge in [0.05, 0.1) is 17.5 Å². The Morgan fingerprint density at radius 1 is 1.11 bits per heavy atom. The summed E-state index contributed by atoms with van der Waals surface area (Å²) in [6, 6.07) is 1.52. The number of hydrazine groups is 1. The van der Waals surface area contributed by atoms with E-state index in [1.807, 2.05) is 0 Å². The van der Waals surface area contributed by atoms with Crippen LogP contribution < -0.4 is 10.9 Å². The van der Waals surface area contributed by atoms with E-state index in [0.717, 1.165) is 0 Å². The van der Waals surface area contributed by atoms with E-state index in [0.29, 0.717) is 28.3 Å². The Bertz CT molecular complexity index is 607. The van der Waals surface area contributed by atoms with Gasteiger partial charge >= 0.3 is 0 Å². The second kappa shape index (κ2) is 4.97. The molecule has 7 nitrogen and oxygen atoms in total. The van der Waals surface area contributed by atoms with Crippen molar-refractivity contribution in [3.05, 3.63) is 40.7 Å². The molecule has 0 radical (unpaired) electrons. The fourth-order valence-corrected chi connectivity index (χ4v) is 1.67. The molecule has 2 N–H and O–H groups in total. The maximum atomic E-state index is 11.9. The summed E-state index contributed by atoms with van der Waals surface area (Å²) in [5.74, 6) is -0.0649. The molecule has 7 heteroatoms. The van der Waals surface area contributed by atoms with Crippen molar-refractivity contribution >= 4 is 11.8 Å². The van der Waals surface area contributed by atoms with Gasteiger partial charge in [-0.3, -0.25) is 20.4 Å². The van der Waals surface area contributed by atoms with Crippen LogP contribution in [0.3, 0.4) is 0 Å². The second-order valence-corrected chi connectivity index (χ2v) is 4.00. The van der Waals surface area contributed by atoms with Crippen molar-refractivity contribution in [1.29, 1.82) is 0 Å². The van der Waals surface area contributed by atoms with Gasteiger partial charge in [0.15, 0.2) is 0 Å². The molecular weight excluding hydrogens is 250 g/mol. The molecule has 0 aliphatic carbocycles. The molecule has 19 heavy (non-hydrogen) atoms. The quantitative estimate of drug-likeness (QED) is 0.795. The number of furan rings is 1. The molecule has 0 atom stereocenters. The highest BCUT2D eigenvalue weighted by Crippen LogP contribution is 2.11. The number of hydrogen-bond acceptors (Lipinski definition) is 5. The van der Waals surface area contributed by atoms with Crippen LogP contribution in [0.4, 0.5) is 0 Å². The Labute approximate surface area is 108 Å². The van der Waals surface area contributed by atoms with E-state index < -0.39 is 11.8 Å². The van der Waals surface area contributed by atoms with Crippen LogP contribution >= 0.6 is 0 Å². The van der Waals surface area contributed by atoms with Crippen LogP contribution in [0.1, 0.15) is 37.9 Å². The van der Waals surface area contributed by atoms with Crippen LogP contribution in [-0.2, 0) is 0 Å². The monoisotopic (exact) mass is 263 g/mol. The number of carbonyl (C=O) groups is 2. The Balaban J connectivity index is 2.02. The predicted molar refractivity (Wildman–Crippen MR) is 64.4 cm³/mol. The van der Waals surface area contributed by atoms with E-state index in [2.05, 4.69) is 16.0 Å². The smallest absolute Gasteiger partial charge is 0.275 e. The average molecular weight is 263 g/mol. The van der Waals surface area contributed by atoms with Crippen molar-refractivity contribution in [2.75, 3.05) is 0 Å². The number of amides is 2. The minimum absolute atomic E-state index is 0.309. The summed E-state index contributed by atoms with van der Waals surface area (Å²) in [5, 5.41) is 3.66. The first-order valence-electron chi connectivity index (χ1n) is 5.58. The van der Waals surface area contributed by atoms with Gasteiger partial charge in [0.25, 0.3) is 11.8 Å². The first-order valence-corrected chi connectivity index (χ1v) is 5.58. The molecule has 0 saturated heterocycles. The van der Waals surface area contributed by atoms with Crippen molar-refractivity contribution in [3.63, 3.8) is 0 Å². The van der Waals surface area contributed by atoms with Crippen LogP contribution in [0.15, 0.2) is 21.3 Å². The van der Waals surface area contributed by atoms with Gasteiger partial charge in [-0.15, -0.1) is 0 Å². The number of nitrogens with zero attached hydrogens (tertiary/aromatic N) is 1. The van der Waals surface area contributed by atoms with Crippen molar-refractivity contribution in [1.82, 2.24) is 16.0 Å². The van der Waals surface area contributed by atoms with Gasteiger partial charge in [-0.1, -0.05) is 5.16 Å². The average Bonchev–Trinajstić information content (AvgIpc) is 2.93. The fraction of sp³-hybridized carbons (Fsp3) is 0.250. The summed E-state index contributed by atoms with van der Waals surface area (Å²) in [6.07, 6.45) is 1.40. The van der Waals surface area contributed by atoms with Crippen molar-refractivity contribution < 1.29 is 18.5 Å². The van der Waals surface area contributed by atoms with Gasteiger partial charge in [0.2, 0.25) is 0 Å². The number of rotatable bonds is 2. The lowest BCUT2D eigenvalue weighted by Crippen LogP contribution is -2.42. The van der Waals surface area contributed by atoms with E-state index in [9.17, 15) is 9.59 Å². The van der Waals surface area contributed by atoms with Crippen LogP contribution in [0.2, 0.25) is 0 Å². The molecule has 2 aromatic rings. The minimum Gasteiger partial charge on any atom is -0.469 e. The molecule has 0 fully saturated rings. The summed E-state index contributed by atoms with van der Waals surface area (Å²) in [7, 11) is 0. The number of nitrogens with one attached hydrogen (secondary N) is 2. The molecule has 2 rings (SSSR count). The van der Waals surface area contributed by atoms with Crippen LogP contribution in [0.25, 0.3) is 0 Å². The second-order valence-electron chi connectivity index (χ2n) is 4.00. The lowest BCUT2D eigenvalue weighted by molar-refractivity contribution is 0.0844. The zero-order valence-electron chi connectivity index (χ0n) is 10.7. The van der Waals surface area contributed by atoms with Crippen LogP contribution in [0, 0.1) is 20.8 Å². The molecule has 0 spiro atoms. The largest absolute Gasteiger partial charge is 0.469 e. The first-order chi connectivity index (χ1) is 9.00. The number of hydrogen-bond donors (Lipinski definition) is 2. The number of aromatic nitrogens is 1. The fourth-order valence-electron chi connectivity index (χ4n) is 1.67. The van der Waals surface area contributed by atoms with Gasteiger partial charge in [-0.25, -0.2) is 0 Å². The van der Waals surface area contributed by atoms with E-state index in [-0.39, 0.29) is 0 Å². The van der Waals surface area contributed by atoms with E-state index in [1.54, 1.807) is 20.8 Å². The Morgan fingerprint density at radius 3 is 2.32 bits per heavy atom. The highest BCUT2D eigenvalue weighted by Gasteiger charge is 2.18. The van der Waals surface area contributed by atoms with Crippen LogP contribution in [0.5, 0.6) is 0 Å². The first kappa shape index (κ1) is 12.9. The Morgan fingerprint density at radius 2 is 1.79 bits per heavy atom. The molecular formula is C12H13N3O4. The van der Waals surface area contributed by atoms with E-state index in [1.165, 1.54) is 12.3 Å². The molecule has 0 unspecified atom stereocenters. The van der Waals surface area contributed by atoms with Gasteiger partial charge < -0.3 is 8.94 Å². The predicted octanol–water partition coefficient (Wildman–Crippen LogP) is 1.27. The standard InChI is InChI=1S/C12H13N3O4/c1-6-10(8(3)19-15-6)12(17)14-13-11(16)9-4-5-18-7(9)2/h4-5H,1-3H3,(H,13,16)(H,14,17). The van der Waals surface area contributed by atoms with Crippen molar-refractivity contribution in [3.8, 4) is 0 Å². The summed E-state index contributed by atoms with van der Waals surface area (Å²) in [5.41, 5.74) is 5.73. The summed E-state index contributed by atoms with van der Waals surface area (Å²) in [4.78, 5) is 23.6. The molecule has 100 valence electrons. The Kier molecular flexibility index (Phi) is 3.37. The molecule has 0 saturated carbocycles. The molecule has 2 amide bonds. The van der Waals surface area contributed by atoms with Crippen LogP contribution in [-0.4, -0.2) is 17.0 Å². The molecule has 0 aliphatic heterocycles. The minimum atomic E-state index is -0.481. The van der Waals surface area contributed by atoms with Gasteiger partial charge in [-0.05, 0) is 26.8 Å². The summed E-state index contributed by atoms with van der Waals surface area (Å²) < 4.78 is 9.88. The lowest BCUT2D eigenvalue weighted by Gasteiger charge is -2.06. The highest BCUT2D eigenvalue weighted by molar-refractivity contribution is 6.00. The third kappa shape index (κ3) is 2.49. The topological polar surface area (TPSA) is 97.4 Å². The maximum Gasteiger partial charge on any atom is 0.275 e. The zero-order valence-corrected chi connectivity index (χ0v) is 10.7. The normalized spacial score (nSPS) is 10.3. The van der Waals surface area contributed by atoms with Gasteiger partial charge in [-0.2, -0.15) is 0 Å². The van der Waals surface area contributed by atoms with E-state index >= 15 is 0 Å².